The van der Waals surface area contributed by atoms with Crippen LogP contribution in [0.1, 0.15) is 19.8 Å². The van der Waals surface area contributed by atoms with Gasteiger partial charge in [-0.3, -0.25) is 4.90 Å². The minimum Gasteiger partial charge on any atom is -0.365 e. The quantitative estimate of drug-likeness (QED) is 0.935. The molecule has 1 N–H and O–H groups in total. The van der Waals surface area contributed by atoms with Gasteiger partial charge in [-0.15, -0.1) is 0 Å². The second kappa shape index (κ2) is 5.93. The largest absolute Gasteiger partial charge is 0.365 e. The SMILES string of the molecule is C[C@@H]1[C@@H](Nc2ccc(-c3ccccc3F)cn2)C2CCN1CC2. The number of anilines is 1. The van der Waals surface area contributed by atoms with E-state index in [1.54, 1.807) is 18.3 Å². The van der Waals surface area contributed by atoms with Crippen LogP contribution in [-0.4, -0.2) is 35.1 Å². The van der Waals surface area contributed by atoms with Crippen LogP contribution in [0, 0.1) is 11.7 Å². The summed E-state index contributed by atoms with van der Waals surface area (Å²) in [6, 6.07) is 11.7. The minimum absolute atomic E-state index is 0.207. The molecule has 0 unspecified atom stereocenters. The van der Waals surface area contributed by atoms with Gasteiger partial charge in [0.25, 0.3) is 0 Å². The third-order valence-corrected chi connectivity index (χ3v) is 5.44. The number of rotatable bonds is 3. The van der Waals surface area contributed by atoms with E-state index < -0.39 is 0 Å². The summed E-state index contributed by atoms with van der Waals surface area (Å²) in [5, 5.41) is 3.61. The van der Waals surface area contributed by atoms with Crippen molar-refractivity contribution in [1.29, 1.82) is 0 Å². The molecule has 4 heteroatoms. The van der Waals surface area contributed by atoms with Crippen molar-refractivity contribution in [3.05, 3.63) is 48.4 Å². The third kappa shape index (κ3) is 2.72. The monoisotopic (exact) mass is 311 g/mol. The number of piperidine rings is 3. The fraction of sp³-hybridized carbons (Fsp3) is 0.421. The Labute approximate surface area is 136 Å². The lowest BCUT2D eigenvalue weighted by Gasteiger charge is -2.50. The first-order valence-corrected chi connectivity index (χ1v) is 8.44. The number of benzene rings is 1. The molecular formula is C19H22FN3. The van der Waals surface area contributed by atoms with Gasteiger partial charge >= 0.3 is 0 Å². The first-order valence-electron chi connectivity index (χ1n) is 8.44. The molecule has 1 aromatic carbocycles. The van der Waals surface area contributed by atoms with Crippen molar-refractivity contribution in [1.82, 2.24) is 9.88 Å². The summed E-state index contributed by atoms with van der Waals surface area (Å²) in [4.78, 5) is 7.07. The van der Waals surface area contributed by atoms with Crippen molar-refractivity contribution in [2.75, 3.05) is 18.4 Å². The highest BCUT2D eigenvalue weighted by Crippen LogP contribution is 2.34. The highest BCUT2D eigenvalue weighted by molar-refractivity contribution is 5.64. The van der Waals surface area contributed by atoms with Gasteiger partial charge in [0, 0.05) is 29.4 Å². The molecule has 0 saturated carbocycles. The number of aromatic nitrogens is 1. The molecule has 120 valence electrons. The highest BCUT2D eigenvalue weighted by atomic mass is 19.1. The summed E-state index contributed by atoms with van der Waals surface area (Å²) in [6.45, 7) is 4.75. The molecule has 2 aromatic rings. The molecule has 0 radical (unpaired) electrons. The zero-order chi connectivity index (χ0) is 15.8. The first kappa shape index (κ1) is 14.6. The molecule has 2 bridgehead atoms. The van der Waals surface area contributed by atoms with Gasteiger partial charge < -0.3 is 5.32 Å². The Bertz CT molecular complexity index is 675. The number of hydrogen-bond acceptors (Lipinski definition) is 3. The van der Waals surface area contributed by atoms with E-state index in [9.17, 15) is 4.39 Å². The van der Waals surface area contributed by atoms with Gasteiger partial charge in [-0.1, -0.05) is 18.2 Å². The van der Waals surface area contributed by atoms with Crippen LogP contribution in [-0.2, 0) is 0 Å². The second-order valence-corrected chi connectivity index (χ2v) is 6.70. The average molecular weight is 311 g/mol. The molecule has 0 aliphatic carbocycles. The Kier molecular flexibility index (Phi) is 3.77. The Balaban J connectivity index is 1.52. The van der Waals surface area contributed by atoms with Crippen LogP contribution in [0.25, 0.3) is 11.1 Å². The van der Waals surface area contributed by atoms with Gasteiger partial charge in [-0.25, -0.2) is 9.37 Å². The summed E-state index contributed by atoms with van der Waals surface area (Å²) < 4.78 is 13.9. The van der Waals surface area contributed by atoms with Crippen LogP contribution in [0.4, 0.5) is 10.2 Å². The van der Waals surface area contributed by atoms with Crippen molar-refractivity contribution in [3.8, 4) is 11.1 Å². The molecular weight excluding hydrogens is 289 g/mol. The molecule has 3 nitrogen and oxygen atoms in total. The fourth-order valence-corrected chi connectivity index (χ4v) is 4.05. The standard InChI is InChI=1S/C19H22FN3/c1-13-19(14-8-10-23(13)11-9-14)22-18-7-6-15(12-21-18)16-4-2-3-5-17(16)20/h2-7,12-14,19H,8-11H2,1H3,(H,21,22)/t13-,19-/m1/s1. The molecule has 1 aromatic heterocycles. The van der Waals surface area contributed by atoms with Gasteiger partial charge in [0.15, 0.2) is 0 Å². The Morgan fingerprint density at radius 1 is 1.13 bits per heavy atom. The lowest BCUT2D eigenvalue weighted by Crippen LogP contribution is -2.59. The maximum atomic E-state index is 13.9. The molecule has 23 heavy (non-hydrogen) atoms. The third-order valence-electron chi connectivity index (χ3n) is 5.44. The van der Waals surface area contributed by atoms with Crippen LogP contribution in [0.5, 0.6) is 0 Å². The first-order chi connectivity index (χ1) is 11.2. The van der Waals surface area contributed by atoms with Gasteiger partial charge in [0.1, 0.15) is 11.6 Å². The summed E-state index contributed by atoms with van der Waals surface area (Å²) in [5.41, 5.74) is 1.42. The lowest BCUT2D eigenvalue weighted by atomic mass is 9.79. The number of fused-ring (bicyclic) bond motifs is 3. The van der Waals surface area contributed by atoms with Crippen LogP contribution >= 0.6 is 0 Å². The summed E-state index contributed by atoms with van der Waals surface area (Å²) in [5.74, 6) is 1.42. The molecule has 3 fully saturated rings. The number of nitrogens with one attached hydrogen (secondary N) is 1. The van der Waals surface area contributed by atoms with Crippen molar-refractivity contribution in [3.63, 3.8) is 0 Å². The molecule has 0 amide bonds. The Morgan fingerprint density at radius 2 is 1.91 bits per heavy atom. The van der Waals surface area contributed by atoms with Gasteiger partial charge in [0.2, 0.25) is 0 Å². The molecule has 5 rings (SSSR count). The van der Waals surface area contributed by atoms with E-state index in [4.69, 9.17) is 0 Å². The number of pyridine rings is 1. The lowest BCUT2D eigenvalue weighted by molar-refractivity contribution is 0.0457. The summed E-state index contributed by atoms with van der Waals surface area (Å²) in [6.07, 6.45) is 4.30. The zero-order valence-electron chi connectivity index (χ0n) is 13.4. The van der Waals surface area contributed by atoms with Crippen LogP contribution in [0.15, 0.2) is 42.6 Å². The smallest absolute Gasteiger partial charge is 0.131 e. The molecule has 3 aliphatic rings. The molecule has 0 spiro atoms. The van der Waals surface area contributed by atoms with E-state index in [1.807, 2.05) is 18.2 Å². The van der Waals surface area contributed by atoms with E-state index >= 15 is 0 Å². The van der Waals surface area contributed by atoms with Crippen molar-refractivity contribution in [2.45, 2.75) is 31.8 Å². The van der Waals surface area contributed by atoms with Crippen molar-refractivity contribution < 1.29 is 4.39 Å². The van der Waals surface area contributed by atoms with Crippen molar-refractivity contribution >= 4 is 5.82 Å². The van der Waals surface area contributed by atoms with Gasteiger partial charge in [-0.2, -0.15) is 0 Å². The molecule has 4 heterocycles. The minimum atomic E-state index is -0.207. The van der Waals surface area contributed by atoms with E-state index in [2.05, 4.69) is 22.1 Å². The highest BCUT2D eigenvalue weighted by Gasteiger charge is 2.39. The maximum Gasteiger partial charge on any atom is 0.131 e. The maximum absolute atomic E-state index is 13.9. The topological polar surface area (TPSA) is 28.2 Å². The van der Waals surface area contributed by atoms with E-state index in [-0.39, 0.29) is 5.82 Å². The Morgan fingerprint density at radius 3 is 2.57 bits per heavy atom. The van der Waals surface area contributed by atoms with Crippen LogP contribution in [0.2, 0.25) is 0 Å². The van der Waals surface area contributed by atoms with Crippen LogP contribution < -0.4 is 5.32 Å². The summed E-state index contributed by atoms with van der Waals surface area (Å²) in [7, 11) is 0. The number of hydrogen-bond donors (Lipinski definition) is 1. The second-order valence-electron chi connectivity index (χ2n) is 6.70. The predicted octanol–water partition coefficient (Wildman–Crippen LogP) is 3.78. The predicted molar refractivity (Wildman–Crippen MR) is 90.8 cm³/mol. The molecule has 2 atom stereocenters. The van der Waals surface area contributed by atoms with Gasteiger partial charge in [-0.05, 0) is 57.0 Å². The van der Waals surface area contributed by atoms with Crippen molar-refractivity contribution in [2.24, 2.45) is 5.92 Å². The number of nitrogens with zero attached hydrogens (tertiary/aromatic N) is 2. The molecule has 3 aliphatic heterocycles. The zero-order valence-corrected chi connectivity index (χ0v) is 13.4. The summed E-state index contributed by atoms with van der Waals surface area (Å²) >= 11 is 0. The fourth-order valence-electron chi connectivity index (χ4n) is 4.05. The van der Waals surface area contributed by atoms with Gasteiger partial charge in [0.05, 0.1) is 0 Å². The van der Waals surface area contributed by atoms with E-state index in [0.717, 1.165) is 17.3 Å². The average Bonchev–Trinajstić information content (AvgIpc) is 2.60. The Hall–Kier alpha value is -1.94. The number of halogens is 1. The van der Waals surface area contributed by atoms with E-state index in [1.165, 1.54) is 32.0 Å². The normalized spacial score (nSPS) is 29.5. The molecule has 3 saturated heterocycles. The van der Waals surface area contributed by atoms with Crippen LogP contribution in [0.3, 0.4) is 0 Å². The van der Waals surface area contributed by atoms with E-state index in [0.29, 0.717) is 17.6 Å².